The van der Waals surface area contributed by atoms with Gasteiger partial charge in [0.15, 0.2) is 0 Å². The number of rotatable bonds is 14. The Balaban J connectivity index is 2.85. The quantitative estimate of drug-likeness (QED) is 0.286. The molecule has 0 N–H and O–H groups in total. The fourth-order valence-electron chi connectivity index (χ4n) is 2.34. The van der Waals surface area contributed by atoms with E-state index >= 15 is 0 Å². The van der Waals surface area contributed by atoms with Crippen LogP contribution >= 0.6 is 0 Å². The molecule has 0 aliphatic carbocycles. The van der Waals surface area contributed by atoms with Crippen molar-refractivity contribution < 1.29 is 0 Å². The third-order valence-electron chi connectivity index (χ3n) is 3.56. The fraction of sp³-hybridized carbons (Fsp3) is 1.00. The number of hydrogen-bond donors (Lipinski definition) is 0. The predicted octanol–water partition coefficient (Wildman–Crippen LogP) is 5.52. The molecule has 0 aliphatic rings. The van der Waals surface area contributed by atoms with Crippen molar-refractivity contribution in [1.82, 2.24) is 0 Å². The molecule has 1 heteroatoms. The summed E-state index contributed by atoms with van der Waals surface area (Å²) in [5.74, 6) is 0. The Hall–Kier alpha value is 0.818. The topological polar surface area (TPSA) is 0 Å². The molecule has 0 heterocycles. The van der Waals surface area contributed by atoms with Crippen molar-refractivity contribution in [2.24, 2.45) is 0 Å². The Morgan fingerprint density at radius 3 is 1.06 bits per heavy atom. The van der Waals surface area contributed by atoms with Crippen LogP contribution in [0.25, 0.3) is 0 Å². The van der Waals surface area contributed by atoms with E-state index in [1.165, 1.54) is 117 Å². The molecule has 0 bridgehead atoms. The Bertz CT molecular complexity index is 109. The minimum atomic E-state index is 1.38. The fourth-order valence-corrected chi connectivity index (χ4v) is 3.16. The summed E-state index contributed by atoms with van der Waals surface area (Å²) in [6, 6.07) is 0. The van der Waals surface area contributed by atoms with E-state index in [9.17, 15) is 0 Å². The molecule has 0 nitrogen and oxygen atoms in total. The van der Waals surface area contributed by atoms with Crippen molar-refractivity contribution in [1.29, 1.82) is 0 Å². The third-order valence-corrected chi connectivity index (χ3v) is 4.72. The van der Waals surface area contributed by atoms with E-state index in [0.29, 0.717) is 0 Å². The standard InChI is InChI=1S/C16H33.Sb.2H/c1-3-5-7-9-11-13-15-16-14-12-10-8-6-4-2;;;/h1,3-16H2,2H3;;;. The van der Waals surface area contributed by atoms with Crippen LogP contribution in [0.3, 0.4) is 0 Å². The molecular weight excluding hydrogens is 314 g/mol. The second-order valence-corrected chi connectivity index (χ2v) is 7.03. The van der Waals surface area contributed by atoms with Crippen LogP contribution in [0.5, 0.6) is 0 Å². The number of unbranched alkanes of at least 4 members (excludes halogenated alkanes) is 13. The molecule has 0 atom stereocenters. The molecule has 0 saturated carbocycles. The van der Waals surface area contributed by atoms with Gasteiger partial charge in [0.25, 0.3) is 0 Å². The van der Waals surface area contributed by atoms with E-state index in [2.05, 4.69) is 6.92 Å². The van der Waals surface area contributed by atoms with E-state index in [0.717, 1.165) is 0 Å². The molecule has 0 radical (unpaired) electrons. The molecule has 0 aromatic heterocycles. The normalized spacial score (nSPS) is 10.9. The van der Waals surface area contributed by atoms with Crippen LogP contribution in [-0.4, -0.2) is 23.0 Å². The Kier molecular flexibility index (Phi) is 17.6. The van der Waals surface area contributed by atoms with Crippen molar-refractivity contribution in [3.05, 3.63) is 0 Å². The van der Waals surface area contributed by atoms with Gasteiger partial charge in [0.05, 0.1) is 0 Å². The predicted molar refractivity (Wildman–Crippen MR) is 83.7 cm³/mol. The van der Waals surface area contributed by atoms with Crippen molar-refractivity contribution in [2.75, 3.05) is 0 Å². The van der Waals surface area contributed by atoms with Crippen LogP contribution in [0.4, 0.5) is 0 Å². The van der Waals surface area contributed by atoms with Gasteiger partial charge in [-0.15, -0.1) is 0 Å². The Morgan fingerprint density at radius 1 is 0.471 bits per heavy atom. The third kappa shape index (κ3) is 16.8. The SMILES string of the molecule is CCCCCCCCCCCCCCC[CH2][SbH2]. The summed E-state index contributed by atoms with van der Waals surface area (Å²) < 4.78 is 1.50. The monoisotopic (exact) mass is 348 g/mol. The van der Waals surface area contributed by atoms with Gasteiger partial charge < -0.3 is 0 Å². The Labute approximate surface area is 124 Å². The second kappa shape index (κ2) is 16.8. The maximum absolute atomic E-state index is 2.29. The first-order valence-electron chi connectivity index (χ1n) is 8.12. The molecule has 0 amide bonds. The van der Waals surface area contributed by atoms with E-state index in [1.54, 1.807) is 0 Å². The first kappa shape index (κ1) is 17.8. The second-order valence-electron chi connectivity index (χ2n) is 5.38. The Morgan fingerprint density at radius 2 is 0.765 bits per heavy atom. The summed E-state index contributed by atoms with van der Waals surface area (Å²) in [7, 11) is 0. The molecule has 0 aromatic rings. The van der Waals surface area contributed by atoms with Gasteiger partial charge in [-0.2, -0.15) is 0 Å². The zero-order valence-electron chi connectivity index (χ0n) is 12.2. The van der Waals surface area contributed by atoms with Crippen molar-refractivity contribution in [3.63, 3.8) is 0 Å². The minimum absolute atomic E-state index is 1.38. The summed E-state index contributed by atoms with van der Waals surface area (Å²) in [6.45, 7) is 2.29. The van der Waals surface area contributed by atoms with Crippen LogP contribution < -0.4 is 0 Å². The zero-order valence-corrected chi connectivity index (χ0v) is 15.5. The summed E-state index contributed by atoms with van der Waals surface area (Å²) in [4.78, 5) is 0. The summed E-state index contributed by atoms with van der Waals surface area (Å²) in [5, 5.41) is 0. The summed E-state index contributed by atoms with van der Waals surface area (Å²) >= 11 is 1.47. The van der Waals surface area contributed by atoms with Gasteiger partial charge in [-0.05, 0) is 0 Å². The van der Waals surface area contributed by atoms with E-state index in [4.69, 9.17) is 0 Å². The van der Waals surface area contributed by atoms with Crippen LogP contribution in [-0.2, 0) is 0 Å². The first-order chi connectivity index (χ1) is 8.41. The molecular formula is C16H35Sb. The van der Waals surface area contributed by atoms with Gasteiger partial charge in [0, 0.05) is 0 Å². The van der Waals surface area contributed by atoms with Gasteiger partial charge >= 0.3 is 98.0 Å². The van der Waals surface area contributed by atoms with Gasteiger partial charge in [0.1, 0.15) is 0 Å². The van der Waals surface area contributed by atoms with Crippen molar-refractivity contribution >= 4 is 23.0 Å². The van der Waals surface area contributed by atoms with Crippen LogP contribution in [0.2, 0.25) is 4.37 Å². The molecule has 0 aliphatic heterocycles. The van der Waals surface area contributed by atoms with Gasteiger partial charge in [-0.3, -0.25) is 0 Å². The van der Waals surface area contributed by atoms with Crippen LogP contribution in [0, 0.1) is 0 Å². The summed E-state index contributed by atoms with van der Waals surface area (Å²) in [5.41, 5.74) is 0. The van der Waals surface area contributed by atoms with E-state index in [-0.39, 0.29) is 0 Å². The van der Waals surface area contributed by atoms with Crippen LogP contribution in [0.1, 0.15) is 96.8 Å². The molecule has 0 spiro atoms. The maximum atomic E-state index is 2.29. The summed E-state index contributed by atoms with van der Waals surface area (Å²) in [6.07, 6.45) is 20.7. The average molecular weight is 349 g/mol. The van der Waals surface area contributed by atoms with Crippen LogP contribution in [0.15, 0.2) is 0 Å². The number of hydrogen-bond acceptors (Lipinski definition) is 0. The van der Waals surface area contributed by atoms with Gasteiger partial charge in [-0.1, -0.05) is 26.2 Å². The average Bonchev–Trinajstić information content (AvgIpc) is 2.35. The van der Waals surface area contributed by atoms with E-state index in [1.807, 2.05) is 0 Å². The van der Waals surface area contributed by atoms with Crippen molar-refractivity contribution in [3.8, 4) is 0 Å². The molecule has 17 heavy (non-hydrogen) atoms. The molecule has 0 unspecified atom stereocenters. The molecule has 0 fully saturated rings. The van der Waals surface area contributed by atoms with Gasteiger partial charge in [0.2, 0.25) is 0 Å². The zero-order chi connectivity index (χ0) is 12.6. The molecule has 104 valence electrons. The molecule has 0 saturated heterocycles. The van der Waals surface area contributed by atoms with E-state index < -0.39 is 0 Å². The van der Waals surface area contributed by atoms with Crippen molar-refractivity contribution in [2.45, 2.75) is 101 Å². The van der Waals surface area contributed by atoms with Gasteiger partial charge in [-0.25, -0.2) is 0 Å². The molecule has 0 rings (SSSR count). The first-order valence-corrected chi connectivity index (χ1v) is 10.4. The molecule has 0 aromatic carbocycles.